The van der Waals surface area contributed by atoms with Gasteiger partial charge in [-0.2, -0.15) is 158 Å². The average Bonchev–Trinajstić information content (AvgIpc) is 1.44. The van der Waals surface area contributed by atoms with Crippen molar-refractivity contribution in [2.75, 3.05) is 13.6 Å². The first-order valence-corrected chi connectivity index (χ1v) is 24.0. The van der Waals surface area contributed by atoms with Gasteiger partial charge in [-0.1, -0.05) is 26.0 Å². The van der Waals surface area contributed by atoms with E-state index >= 15 is 52.7 Å². The van der Waals surface area contributed by atoms with Crippen LogP contribution < -0.4 is 0 Å². The Hall–Kier alpha value is -3.62. The van der Waals surface area contributed by atoms with Crippen molar-refractivity contribution in [1.29, 1.82) is 0 Å². The van der Waals surface area contributed by atoms with Crippen molar-refractivity contribution in [3.8, 4) is 0 Å². The highest BCUT2D eigenvalue weighted by Crippen LogP contribution is 2.71. The van der Waals surface area contributed by atoms with Gasteiger partial charge in [0, 0.05) is 34.8 Å². The molecule has 4 bridgehead atoms. The van der Waals surface area contributed by atoms with E-state index in [2.05, 4.69) is 18.9 Å². The maximum Gasteiger partial charge on any atom is 0.430 e. The Balaban J connectivity index is 1.67. The van der Waals surface area contributed by atoms with Crippen LogP contribution >= 0.6 is 0 Å². The molecule has 0 spiro atoms. The summed E-state index contributed by atoms with van der Waals surface area (Å²) in [6.07, 6.45) is -104. The van der Waals surface area contributed by atoms with Crippen LogP contribution in [0.2, 0.25) is 0 Å². The largest absolute Gasteiger partial charge is 0.430 e. The van der Waals surface area contributed by atoms with E-state index in [1.807, 2.05) is 0 Å². The number of ether oxygens (including phenoxy) is 4. The molecule has 4 saturated carbocycles. The Kier molecular flexibility index (Phi) is 18.8. The van der Waals surface area contributed by atoms with E-state index in [4.69, 9.17) is 0 Å². The Bertz CT molecular complexity index is 2360. The molecule has 11 unspecified atom stereocenters. The molecule has 5 rings (SSSR count). The maximum atomic E-state index is 15.3. The topological polar surface area (TPSA) is 118 Å². The highest BCUT2D eigenvalue weighted by Gasteiger charge is 2.89. The molecule has 4 fully saturated rings. The van der Waals surface area contributed by atoms with Gasteiger partial charge >= 0.3 is 74.1 Å². The smallest absolute Gasteiger partial charge is 0.373 e. The van der Waals surface area contributed by atoms with Gasteiger partial charge in [0.15, 0.2) is 0 Å². The summed E-state index contributed by atoms with van der Waals surface area (Å²) in [5.74, 6) is -33.7. The molecule has 0 heterocycles. The minimum absolute atomic E-state index is 0.552. The number of aliphatic hydroxyl groups is 4. The molecule has 11 atom stereocenters. The van der Waals surface area contributed by atoms with Crippen LogP contribution in [-0.2, 0) is 30.1 Å². The molecule has 8 nitrogen and oxygen atoms in total. The zero-order chi connectivity index (χ0) is 69.0. The SMILES string of the molecule is CCC(C)c1cc(C(OCOC2CC3CC2C(C(O)(C(F)(F)F)C(F)(F)F)C3C(O)(C(F)(F)F)C(F)(F)F)(C(F)(F)F)C(F)(F)F)cc(C(OCOC2CC3CC2C(C(O)(C(F)(F)F)C(F)(F)F)C3C(O)(C(F)(F)F)C(F)(F)F)(C(F)(F)F)C(F)(F)F)c1. The van der Waals surface area contributed by atoms with Gasteiger partial charge in [0.25, 0.3) is 33.6 Å². The molecule has 0 saturated heterocycles. The van der Waals surface area contributed by atoms with E-state index in [1.54, 1.807) is 0 Å². The normalized spacial score (nSPS) is 27.1. The molecular formula is C44H38F36O8. The summed E-state index contributed by atoms with van der Waals surface area (Å²) >= 11 is 0. The number of halogens is 36. The summed E-state index contributed by atoms with van der Waals surface area (Å²) in [5.41, 5.74) is -48.1. The molecule has 1 aromatic rings. The molecule has 0 aliphatic heterocycles. The Morgan fingerprint density at radius 1 is 0.352 bits per heavy atom. The molecule has 0 aromatic heterocycles. The minimum atomic E-state index is -7.48. The van der Waals surface area contributed by atoms with Gasteiger partial charge in [-0.25, -0.2) is 0 Å². The third kappa shape index (κ3) is 11.2. The molecule has 4 aliphatic rings. The predicted octanol–water partition coefficient (Wildman–Crippen LogP) is 14.5. The van der Waals surface area contributed by atoms with Gasteiger partial charge in [0.05, 0.1) is 12.2 Å². The fourth-order valence-electron chi connectivity index (χ4n) is 13.0. The van der Waals surface area contributed by atoms with Crippen molar-refractivity contribution in [3.63, 3.8) is 0 Å². The van der Waals surface area contributed by atoms with E-state index < -0.39 is 254 Å². The molecular weight excluding hydrogens is 1340 g/mol. The second-order valence-electron chi connectivity index (χ2n) is 21.4. The maximum absolute atomic E-state index is 15.3. The standard InChI is InChI=1S/C44H38F36O8/c1-3-13(2)14-4-17(31(41(69,70)71,42(72,73)74)87-11-85-21-8-15-6-19(21)25(29(83,37(57,58)59)38(60,61)62)23(15)27(81,33(45,46)47)34(48,49)50)10-18(5-14)32(43(75,76)77,44(78,79)80)88-12-86-22-9-16-7-20(22)26(30(84,39(63,64)65)40(66,67)68)24(16)28(82,35(51,52)53)36(54,55)56/h4-5,10,13,15-16,19-26,81-84H,3,6-9,11-12H2,1-2H3. The van der Waals surface area contributed by atoms with Crippen molar-refractivity contribution >= 4 is 0 Å². The van der Waals surface area contributed by atoms with Crippen molar-refractivity contribution in [2.24, 2.45) is 47.3 Å². The first-order valence-electron chi connectivity index (χ1n) is 24.0. The highest BCUT2D eigenvalue weighted by molar-refractivity contribution is 5.42. The van der Waals surface area contributed by atoms with E-state index in [0.29, 0.717) is 6.92 Å². The summed E-state index contributed by atoms with van der Waals surface area (Å²) in [7, 11) is 0. The average molecular weight is 1380 g/mol. The lowest BCUT2D eigenvalue weighted by Gasteiger charge is -2.51. The minimum Gasteiger partial charge on any atom is -0.373 e. The van der Waals surface area contributed by atoms with Gasteiger partial charge in [-0.15, -0.1) is 0 Å². The number of fused-ring (bicyclic) bond motifs is 4. The first kappa shape index (κ1) is 75.1. The van der Waals surface area contributed by atoms with Crippen LogP contribution in [0.3, 0.4) is 0 Å². The van der Waals surface area contributed by atoms with E-state index in [9.17, 15) is 126 Å². The van der Waals surface area contributed by atoms with Crippen molar-refractivity contribution in [2.45, 2.75) is 172 Å². The third-order valence-corrected chi connectivity index (χ3v) is 16.9. The molecule has 4 aliphatic carbocycles. The van der Waals surface area contributed by atoms with Crippen LogP contribution in [0.1, 0.15) is 68.6 Å². The van der Waals surface area contributed by atoms with Gasteiger partial charge in [0.1, 0.15) is 13.6 Å². The molecule has 44 heteroatoms. The molecule has 0 radical (unpaired) electrons. The lowest BCUT2D eigenvalue weighted by Crippen LogP contribution is -2.72. The van der Waals surface area contributed by atoms with Crippen molar-refractivity contribution < 1.29 is 197 Å². The van der Waals surface area contributed by atoms with Crippen molar-refractivity contribution in [1.82, 2.24) is 0 Å². The summed E-state index contributed by atoms with van der Waals surface area (Å²) in [4.78, 5) is 0. The zero-order valence-corrected chi connectivity index (χ0v) is 42.6. The number of alkyl halides is 36. The summed E-state index contributed by atoms with van der Waals surface area (Å²) < 4.78 is 541. The molecule has 88 heavy (non-hydrogen) atoms. The molecule has 514 valence electrons. The second-order valence-corrected chi connectivity index (χ2v) is 21.4. The van der Waals surface area contributed by atoms with Gasteiger partial charge in [-0.3, -0.25) is 0 Å². The number of rotatable bonds is 16. The quantitative estimate of drug-likeness (QED) is 0.0955. The summed E-state index contributed by atoms with van der Waals surface area (Å²) in [5, 5.41) is 40.5. The van der Waals surface area contributed by atoms with Crippen LogP contribution in [0, 0.1) is 47.3 Å². The van der Waals surface area contributed by atoms with E-state index in [1.165, 1.54) is 0 Å². The van der Waals surface area contributed by atoms with Gasteiger partial charge < -0.3 is 39.4 Å². The first-order chi connectivity index (χ1) is 38.7. The Morgan fingerprint density at radius 2 is 0.580 bits per heavy atom. The Morgan fingerprint density at radius 3 is 0.784 bits per heavy atom. The number of hydrogen-bond acceptors (Lipinski definition) is 8. The summed E-state index contributed by atoms with van der Waals surface area (Å²) in [6, 6.07) is -2.48. The molecule has 1 aromatic carbocycles. The van der Waals surface area contributed by atoms with Crippen LogP contribution in [0.25, 0.3) is 0 Å². The zero-order valence-electron chi connectivity index (χ0n) is 42.6. The number of hydrogen-bond donors (Lipinski definition) is 4. The molecule has 4 N–H and O–H groups in total. The lowest BCUT2D eigenvalue weighted by molar-refractivity contribution is -0.430. The van der Waals surface area contributed by atoms with Crippen LogP contribution in [0.4, 0.5) is 158 Å². The van der Waals surface area contributed by atoms with Crippen molar-refractivity contribution in [3.05, 3.63) is 34.9 Å². The predicted molar refractivity (Wildman–Crippen MR) is 209 cm³/mol. The van der Waals surface area contributed by atoms with Gasteiger partial charge in [0.2, 0.25) is 0 Å². The number of benzene rings is 1. The highest BCUT2D eigenvalue weighted by atomic mass is 19.5. The fraction of sp³-hybridized carbons (Fsp3) is 0.864. The Labute approximate surface area is 465 Å². The van der Waals surface area contributed by atoms with Crippen LogP contribution in [0.15, 0.2) is 18.2 Å². The monoisotopic (exact) mass is 1380 g/mol. The summed E-state index contributed by atoms with van der Waals surface area (Å²) in [6.45, 7) is -4.71. The van der Waals surface area contributed by atoms with E-state index in [0.717, 1.165) is 6.92 Å². The lowest BCUT2D eigenvalue weighted by atomic mass is 9.62. The second kappa shape index (κ2) is 22.0. The fourth-order valence-corrected chi connectivity index (χ4v) is 13.0. The van der Waals surface area contributed by atoms with Crippen LogP contribution in [0.5, 0.6) is 0 Å². The molecule has 0 amide bonds. The van der Waals surface area contributed by atoms with Crippen LogP contribution in [-0.4, -0.2) is 143 Å². The van der Waals surface area contributed by atoms with Gasteiger partial charge in [-0.05, 0) is 73.3 Å². The third-order valence-electron chi connectivity index (χ3n) is 16.9. The van der Waals surface area contributed by atoms with E-state index in [-0.39, 0.29) is 0 Å².